The Balaban J connectivity index is 2.09. The minimum atomic E-state index is -3.89. The van der Waals surface area contributed by atoms with Crippen molar-refractivity contribution in [3.63, 3.8) is 0 Å². The third-order valence-electron chi connectivity index (χ3n) is 5.62. The van der Waals surface area contributed by atoms with Crippen molar-refractivity contribution in [3.05, 3.63) is 47.5 Å². The van der Waals surface area contributed by atoms with Crippen LogP contribution in [0, 0.1) is 13.8 Å². The van der Waals surface area contributed by atoms with Crippen LogP contribution in [0.3, 0.4) is 0 Å². The van der Waals surface area contributed by atoms with Crippen LogP contribution in [-0.2, 0) is 20.0 Å². The second-order valence-corrected chi connectivity index (χ2v) is 11.4. The number of nitrogens with zero attached hydrogens (tertiary/aromatic N) is 2. The van der Waals surface area contributed by atoms with E-state index >= 15 is 0 Å². The Morgan fingerprint density at radius 1 is 0.935 bits per heavy atom. The molecule has 0 amide bonds. The summed E-state index contributed by atoms with van der Waals surface area (Å²) in [5.74, 6) is 0. The molecule has 2 aromatic carbocycles. The van der Waals surface area contributed by atoms with E-state index in [9.17, 15) is 16.8 Å². The molecule has 170 valence electrons. The Morgan fingerprint density at radius 2 is 1.58 bits per heavy atom. The summed E-state index contributed by atoms with van der Waals surface area (Å²) in [5.41, 5.74) is 2.60. The molecule has 1 saturated heterocycles. The first-order valence-electron chi connectivity index (χ1n) is 10.6. The molecule has 3 rings (SSSR count). The number of anilines is 2. The van der Waals surface area contributed by atoms with Gasteiger partial charge in [0.05, 0.1) is 21.2 Å². The average Bonchev–Trinajstić information content (AvgIpc) is 3.22. The molecular weight excluding hydrogens is 434 g/mol. The van der Waals surface area contributed by atoms with Crippen molar-refractivity contribution in [2.24, 2.45) is 0 Å². The van der Waals surface area contributed by atoms with Crippen LogP contribution in [0.2, 0.25) is 0 Å². The van der Waals surface area contributed by atoms with E-state index in [2.05, 4.69) is 9.62 Å². The zero-order chi connectivity index (χ0) is 22.8. The number of hydrogen-bond donors (Lipinski definition) is 1. The second-order valence-electron chi connectivity index (χ2n) is 7.84. The van der Waals surface area contributed by atoms with Crippen LogP contribution in [0.1, 0.15) is 37.8 Å². The van der Waals surface area contributed by atoms with Gasteiger partial charge in [-0.1, -0.05) is 31.5 Å². The zero-order valence-corrected chi connectivity index (χ0v) is 20.2. The van der Waals surface area contributed by atoms with Gasteiger partial charge in [0.25, 0.3) is 10.0 Å². The Labute approximate surface area is 186 Å². The van der Waals surface area contributed by atoms with Gasteiger partial charge in [-0.2, -0.15) is 4.31 Å². The SMILES string of the molecule is CCN(CC)S(=O)(=O)c1ccc(N2CCCC2)c(NS(=O)(=O)c2ccc(C)cc2C)c1. The lowest BCUT2D eigenvalue weighted by Crippen LogP contribution is -2.31. The molecule has 1 fully saturated rings. The van der Waals surface area contributed by atoms with Crippen molar-refractivity contribution in [3.8, 4) is 0 Å². The van der Waals surface area contributed by atoms with Crippen LogP contribution in [0.5, 0.6) is 0 Å². The number of sulfonamides is 2. The fraction of sp³-hybridized carbons (Fsp3) is 0.455. The zero-order valence-electron chi connectivity index (χ0n) is 18.6. The van der Waals surface area contributed by atoms with Crippen molar-refractivity contribution in [2.75, 3.05) is 35.8 Å². The summed E-state index contributed by atoms with van der Waals surface area (Å²) >= 11 is 0. The molecule has 31 heavy (non-hydrogen) atoms. The molecule has 2 aromatic rings. The lowest BCUT2D eigenvalue weighted by Gasteiger charge is -2.24. The number of hydrogen-bond acceptors (Lipinski definition) is 5. The van der Waals surface area contributed by atoms with Gasteiger partial charge in [0.15, 0.2) is 0 Å². The Hall–Kier alpha value is -2.10. The molecule has 0 spiro atoms. The third kappa shape index (κ3) is 4.88. The highest BCUT2D eigenvalue weighted by Crippen LogP contribution is 2.34. The minimum Gasteiger partial charge on any atom is -0.370 e. The van der Waals surface area contributed by atoms with E-state index in [0.717, 1.165) is 31.5 Å². The summed E-state index contributed by atoms with van der Waals surface area (Å²) in [7, 11) is -7.61. The highest BCUT2D eigenvalue weighted by Gasteiger charge is 2.26. The topological polar surface area (TPSA) is 86.8 Å². The summed E-state index contributed by atoms with van der Waals surface area (Å²) < 4.78 is 56.6. The molecular formula is C22H31N3O4S2. The highest BCUT2D eigenvalue weighted by molar-refractivity contribution is 7.92. The van der Waals surface area contributed by atoms with Gasteiger partial charge < -0.3 is 4.90 Å². The van der Waals surface area contributed by atoms with Gasteiger partial charge in [0.2, 0.25) is 10.0 Å². The van der Waals surface area contributed by atoms with Crippen LogP contribution in [0.4, 0.5) is 11.4 Å². The van der Waals surface area contributed by atoms with Gasteiger partial charge in [-0.05, 0) is 56.5 Å². The molecule has 7 nitrogen and oxygen atoms in total. The molecule has 1 heterocycles. The van der Waals surface area contributed by atoms with Crippen molar-refractivity contribution in [1.82, 2.24) is 4.31 Å². The maximum atomic E-state index is 13.2. The molecule has 0 bridgehead atoms. The molecule has 0 saturated carbocycles. The summed E-state index contributed by atoms with van der Waals surface area (Å²) in [6, 6.07) is 9.88. The first kappa shape index (κ1) is 23.6. The monoisotopic (exact) mass is 465 g/mol. The van der Waals surface area contributed by atoms with Gasteiger partial charge in [-0.3, -0.25) is 4.72 Å². The predicted octanol–water partition coefficient (Wildman–Crippen LogP) is 3.73. The van der Waals surface area contributed by atoms with Gasteiger partial charge >= 0.3 is 0 Å². The third-order valence-corrected chi connectivity index (χ3v) is 9.19. The maximum absolute atomic E-state index is 13.2. The fourth-order valence-corrected chi connectivity index (χ4v) is 6.78. The summed E-state index contributed by atoms with van der Waals surface area (Å²) in [5, 5.41) is 0. The van der Waals surface area contributed by atoms with Crippen molar-refractivity contribution >= 4 is 31.4 Å². The van der Waals surface area contributed by atoms with Gasteiger partial charge in [-0.25, -0.2) is 16.8 Å². The van der Waals surface area contributed by atoms with Crippen LogP contribution in [-0.4, -0.2) is 47.3 Å². The fourth-order valence-electron chi connectivity index (χ4n) is 4.00. The van der Waals surface area contributed by atoms with Crippen molar-refractivity contribution < 1.29 is 16.8 Å². The van der Waals surface area contributed by atoms with E-state index in [1.165, 1.54) is 10.4 Å². The number of benzene rings is 2. The Bertz CT molecular complexity index is 1150. The quantitative estimate of drug-likeness (QED) is 0.642. The standard InChI is InChI=1S/C22H31N3O4S2/c1-5-25(6-2)31(28,29)19-10-11-21(24-13-7-8-14-24)20(16-19)23-30(26,27)22-12-9-17(3)15-18(22)4/h9-12,15-16,23H,5-8,13-14H2,1-4H3. The van der Waals surface area contributed by atoms with E-state index < -0.39 is 20.0 Å². The number of aryl methyl sites for hydroxylation is 2. The summed E-state index contributed by atoms with van der Waals surface area (Å²) in [6.07, 6.45) is 2.03. The molecule has 1 N–H and O–H groups in total. The summed E-state index contributed by atoms with van der Waals surface area (Å²) in [4.78, 5) is 2.35. The lowest BCUT2D eigenvalue weighted by atomic mass is 10.2. The van der Waals surface area contributed by atoms with E-state index in [0.29, 0.717) is 24.3 Å². The van der Waals surface area contributed by atoms with Crippen LogP contribution in [0.15, 0.2) is 46.2 Å². The van der Waals surface area contributed by atoms with Crippen LogP contribution >= 0.6 is 0 Å². The minimum absolute atomic E-state index is 0.0810. The normalized spacial score (nSPS) is 14.9. The van der Waals surface area contributed by atoms with Crippen molar-refractivity contribution in [2.45, 2.75) is 50.3 Å². The lowest BCUT2D eigenvalue weighted by molar-refractivity contribution is 0.445. The number of nitrogens with one attached hydrogen (secondary N) is 1. The molecule has 0 unspecified atom stereocenters. The summed E-state index contributed by atoms with van der Waals surface area (Å²) in [6.45, 7) is 9.52. The number of rotatable bonds is 8. The molecule has 0 radical (unpaired) electrons. The molecule has 0 atom stereocenters. The Kier molecular flexibility index (Phi) is 6.98. The first-order valence-corrected chi connectivity index (χ1v) is 13.5. The van der Waals surface area contributed by atoms with E-state index in [4.69, 9.17) is 0 Å². The van der Waals surface area contributed by atoms with Crippen LogP contribution < -0.4 is 9.62 Å². The highest BCUT2D eigenvalue weighted by atomic mass is 32.2. The Morgan fingerprint density at radius 3 is 2.16 bits per heavy atom. The smallest absolute Gasteiger partial charge is 0.262 e. The van der Waals surface area contributed by atoms with Gasteiger partial charge in [-0.15, -0.1) is 0 Å². The molecule has 0 aromatic heterocycles. The second kappa shape index (κ2) is 9.18. The largest absolute Gasteiger partial charge is 0.370 e. The molecule has 0 aliphatic carbocycles. The predicted molar refractivity (Wildman–Crippen MR) is 125 cm³/mol. The molecule has 1 aliphatic heterocycles. The van der Waals surface area contributed by atoms with E-state index in [-0.39, 0.29) is 15.5 Å². The molecule has 1 aliphatic rings. The van der Waals surface area contributed by atoms with Gasteiger partial charge in [0.1, 0.15) is 0 Å². The van der Waals surface area contributed by atoms with Crippen LogP contribution in [0.25, 0.3) is 0 Å². The maximum Gasteiger partial charge on any atom is 0.262 e. The van der Waals surface area contributed by atoms with E-state index in [1.807, 2.05) is 13.0 Å². The first-order chi connectivity index (χ1) is 14.6. The van der Waals surface area contributed by atoms with E-state index in [1.54, 1.807) is 45.0 Å². The van der Waals surface area contributed by atoms with Gasteiger partial charge in [0, 0.05) is 26.2 Å². The molecule has 9 heteroatoms. The van der Waals surface area contributed by atoms with Crippen molar-refractivity contribution in [1.29, 1.82) is 0 Å². The average molecular weight is 466 g/mol.